The molecule has 0 spiro atoms. The molecule has 0 fully saturated rings. The highest BCUT2D eigenvalue weighted by atomic mass is 127. The normalized spacial score (nSPS) is 11.7. The van der Waals surface area contributed by atoms with Gasteiger partial charge in [-0.05, 0) is 64.6 Å². The molecule has 0 aliphatic heterocycles. The Hall–Kier alpha value is -2.73. The van der Waals surface area contributed by atoms with Crippen molar-refractivity contribution < 1.29 is 13.2 Å². The SMILES string of the molecule is Cn1ccc(CS(=O)(=O)c2ccc(C(=O)NCc3ccn4ccnc4c3)cc2I)n1. The fourth-order valence-corrected chi connectivity index (χ4v) is 5.91. The van der Waals surface area contributed by atoms with Crippen LogP contribution in [0, 0.1) is 3.57 Å². The van der Waals surface area contributed by atoms with Gasteiger partial charge in [0.15, 0.2) is 9.84 Å². The molecule has 0 saturated carbocycles. The van der Waals surface area contributed by atoms with Crippen molar-refractivity contribution >= 4 is 44.0 Å². The number of sulfone groups is 1. The lowest BCUT2D eigenvalue weighted by molar-refractivity contribution is 0.0950. The summed E-state index contributed by atoms with van der Waals surface area (Å²) in [5.74, 6) is -0.462. The second-order valence-electron chi connectivity index (χ2n) is 6.80. The number of hydrogen-bond donors (Lipinski definition) is 1. The van der Waals surface area contributed by atoms with Crippen molar-refractivity contribution in [1.29, 1.82) is 0 Å². The first-order valence-electron chi connectivity index (χ1n) is 9.02. The first-order chi connectivity index (χ1) is 14.3. The fourth-order valence-electron chi connectivity index (χ4n) is 3.05. The summed E-state index contributed by atoms with van der Waals surface area (Å²) < 4.78 is 29.4. The highest BCUT2D eigenvalue weighted by Crippen LogP contribution is 2.23. The van der Waals surface area contributed by atoms with Crippen LogP contribution < -0.4 is 5.32 Å². The van der Waals surface area contributed by atoms with Crippen LogP contribution in [0.4, 0.5) is 0 Å². The third-order valence-corrected chi connectivity index (χ3v) is 7.51. The monoisotopic (exact) mass is 535 g/mol. The number of carbonyl (C=O) groups excluding carboxylic acids is 1. The van der Waals surface area contributed by atoms with Crippen molar-refractivity contribution in [1.82, 2.24) is 24.5 Å². The summed E-state index contributed by atoms with van der Waals surface area (Å²) in [4.78, 5) is 17.0. The first kappa shape index (κ1) is 20.5. The molecule has 1 N–H and O–H groups in total. The number of rotatable bonds is 6. The lowest BCUT2D eigenvalue weighted by Gasteiger charge is -2.09. The van der Waals surface area contributed by atoms with Gasteiger partial charge in [0, 0.05) is 47.5 Å². The van der Waals surface area contributed by atoms with Gasteiger partial charge in [-0.1, -0.05) is 0 Å². The van der Waals surface area contributed by atoms with Gasteiger partial charge in [0.25, 0.3) is 5.91 Å². The van der Waals surface area contributed by atoms with Crippen LogP contribution in [0.5, 0.6) is 0 Å². The van der Waals surface area contributed by atoms with E-state index in [4.69, 9.17) is 0 Å². The van der Waals surface area contributed by atoms with E-state index in [1.165, 1.54) is 12.1 Å². The number of carbonyl (C=O) groups is 1. The Kier molecular flexibility index (Phi) is 5.60. The first-order valence-corrected chi connectivity index (χ1v) is 11.8. The molecular weight excluding hydrogens is 517 g/mol. The van der Waals surface area contributed by atoms with Crippen molar-refractivity contribution in [2.75, 3.05) is 0 Å². The molecule has 0 aliphatic carbocycles. The third-order valence-electron chi connectivity index (χ3n) is 4.55. The molecule has 4 aromatic rings. The topological polar surface area (TPSA) is 98.4 Å². The summed E-state index contributed by atoms with van der Waals surface area (Å²) >= 11 is 1.95. The number of halogens is 1. The molecule has 154 valence electrons. The van der Waals surface area contributed by atoms with Gasteiger partial charge in [-0.25, -0.2) is 13.4 Å². The Morgan fingerprint density at radius 1 is 1.13 bits per heavy atom. The van der Waals surface area contributed by atoms with Gasteiger partial charge in [0.1, 0.15) is 5.65 Å². The van der Waals surface area contributed by atoms with Gasteiger partial charge in [-0.2, -0.15) is 5.10 Å². The van der Waals surface area contributed by atoms with Gasteiger partial charge in [0.2, 0.25) is 0 Å². The number of amides is 1. The Labute approximate surface area is 187 Å². The molecule has 30 heavy (non-hydrogen) atoms. The van der Waals surface area contributed by atoms with Crippen LogP contribution in [-0.2, 0) is 29.2 Å². The summed E-state index contributed by atoms with van der Waals surface area (Å²) in [5.41, 5.74) is 2.60. The Morgan fingerprint density at radius 2 is 1.97 bits per heavy atom. The average molecular weight is 535 g/mol. The number of aromatic nitrogens is 4. The smallest absolute Gasteiger partial charge is 0.251 e. The maximum absolute atomic E-state index is 12.7. The quantitative estimate of drug-likeness (QED) is 0.383. The molecule has 4 rings (SSSR count). The predicted octanol–water partition coefficient (Wildman–Crippen LogP) is 2.58. The highest BCUT2D eigenvalue weighted by molar-refractivity contribution is 14.1. The second kappa shape index (κ2) is 8.19. The number of pyridine rings is 1. The number of benzene rings is 1. The molecule has 0 atom stereocenters. The van der Waals surface area contributed by atoms with E-state index in [1.807, 2.05) is 51.5 Å². The zero-order valence-electron chi connectivity index (χ0n) is 16.0. The minimum atomic E-state index is -3.57. The van der Waals surface area contributed by atoms with E-state index in [-0.39, 0.29) is 16.6 Å². The Balaban J connectivity index is 1.47. The van der Waals surface area contributed by atoms with Gasteiger partial charge < -0.3 is 9.72 Å². The molecule has 1 aromatic carbocycles. The fraction of sp³-hybridized carbons (Fsp3) is 0.150. The minimum Gasteiger partial charge on any atom is -0.348 e. The lowest BCUT2D eigenvalue weighted by atomic mass is 10.2. The zero-order chi connectivity index (χ0) is 21.3. The Bertz CT molecular complexity index is 1340. The van der Waals surface area contributed by atoms with Crippen LogP contribution in [0.2, 0.25) is 0 Å². The van der Waals surface area contributed by atoms with Crippen molar-refractivity contribution in [3.05, 3.63) is 81.6 Å². The number of aryl methyl sites for hydroxylation is 1. The number of nitrogens with one attached hydrogen (secondary N) is 1. The van der Waals surface area contributed by atoms with Crippen LogP contribution in [0.1, 0.15) is 21.6 Å². The van der Waals surface area contributed by atoms with Crippen LogP contribution in [-0.4, -0.2) is 33.5 Å². The molecule has 8 nitrogen and oxygen atoms in total. The number of nitrogens with zero attached hydrogens (tertiary/aromatic N) is 4. The number of hydrogen-bond acceptors (Lipinski definition) is 5. The van der Waals surface area contributed by atoms with E-state index in [0.717, 1.165) is 11.2 Å². The molecule has 3 aromatic heterocycles. The van der Waals surface area contributed by atoms with E-state index in [9.17, 15) is 13.2 Å². The maximum atomic E-state index is 12.7. The van der Waals surface area contributed by atoms with Crippen molar-refractivity contribution in [2.24, 2.45) is 7.05 Å². The van der Waals surface area contributed by atoms with E-state index in [1.54, 1.807) is 36.3 Å². The number of fused-ring (bicyclic) bond motifs is 1. The van der Waals surface area contributed by atoms with Crippen LogP contribution in [0.3, 0.4) is 0 Å². The van der Waals surface area contributed by atoms with Crippen molar-refractivity contribution in [2.45, 2.75) is 17.2 Å². The number of imidazole rings is 1. The molecule has 0 bridgehead atoms. The van der Waals surface area contributed by atoms with Crippen LogP contribution in [0.25, 0.3) is 5.65 Å². The van der Waals surface area contributed by atoms with E-state index < -0.39 is 9.84 Å². The predicted molar refractivity (Wildman–Crippen MR) is 120 cm³/mol. The molecule has 0 radical (unpaired) electrons. The van der Waals surface area contributed by atoms with Crippen molar-refractivity contribution in [3.63, 3.8) is 0 Å². The van der Waals surface area contributed by atoms with E-state index >= 15 is 0 Å². The summed E-state index contributed by atoms with van der Waals surface area (Å²) in [6.07, 6.45) is 7.15. The molecule has 0 saturated heterocycles. The van der Waals surface area contributed by atoms with E-state index in [2.05, 4.69) is 15.4 Å². The van der Waals surface area contributed by atoms with E-state index in [0.29, 0.717) is 21.4 Å². The standard InChI is InChI=1S/C20H18IN5O3S/c1-25-7-5-16(24-25)13-30(28,29)18-3-2-15(11-17(18)21)20(27)23-12-14-4-8-26-9-6-22-19(26)10-14/h2-11H,12-13H2,1H3,(H,23,27). The average Bonchev–Trinajstić information content (AvgIpc) is 3.33. The minimum absolute atomic E-state index is 0.189. The summed E-state index contributed by atoms with van der Waals surface area (Å²) in [6, 6.07) is 10.1. The van der Waals surface area contributed by atoms with Gasteiger partial charge in [0.05, 0.1) is 16.3 Å². The highest BCUT2D eigenvalue weighted by Gasteiger charge is 2.21. The summed E-state index contributed by atoms with van der Waals surface area (Å²) in [6.45, 7) is 0.346. The molecule has 10 heteroatoms. The maximum Gasteiger partial charge on any atom is 0.251 e. The third kappa shape index (κ3) is 4.38. The largest absolute Gasteiger partial charge is 0.348 e. The van der Waals surface area contributed by atoms with Crippen LogP contribution in [0.15, 0.2) is 66.1 Å². The molecule has 3 heterocycles. The van der Waals surface area contributed by atoms with Crippen molar-refractivity contribution in [3.8, 4) is 0 Å². The molecule has 0 unspecified atom stereocenters. The summed E-state index contributed by atoms with van der Waals surface area (Å²) in [5, 5.41) is 6.99. The van der Waals surface area contributed by atoms with Crippen LogP contribution >= 0.6 is 22.6 Å². The van der Waals surface area contributed by atoms with Gasteiger partial charge in [-0.15, -0.1) is 0 Å². The lowest BCUT2D eigenvalue weighted by Crippen LogP contribution is -2.23. The molecule has 1 amide bonds. The molecular formula is C20H18IN5O3S. The zero-order valence-corrected chi connectivity index (χ0v) is 19.0. The molecule has 0 aliphatic rings. The Morgan fingerprint density at radius 3 is 2.70 bits per heavy atom. The second-order valence-corrected chi connectivity index (χ2v) is 9.92. The van der Waals surface area contributed by atoms with Gasteiger partial charge >= 0.3 is 0 Å². The summed E-state index contributed by atoms with van der Waals surface area (Å²) in [7, 11) is -1.83. The van der Waals surface area contributed by atoms with Gasteiger partial charge in [-0.3, -0.25) is 9.48 Å².